The highest BCUT2D eigenvalue weighted by molar-refractivity contribution is 5.85. The highest BCUT2D eigenvalue weighted by atomic mass is 35.5. The summed E-state index contributed by atoms with van der Waals surface area (Å²) >= 11 is 0. The van der Waals surface area contributed by atoms with Gasteiger partial charge in [-0.05, 0) is 46.9 Å². The molecule has 0 unspecified atom stereocenters. The lowest BCUT2D eigenvalue weighted by atomic mass is 9.63. The fourth-order valence-corrected chi connectivity index (χ4v) is 4.56. The number of benzene rings is 1. The SMILES string of the molecule is CC1(C)CCC(C)(C)c2cc(-c3ccnc(N4CCN(C(=N)N)CC4)n3)ccc21.Cl.Cl. The Morgan fingerprint density at radius 3 is 2.16 bits per heavy atom. The van der Waals surface area contributed by atoms with Gasteiger partial charge >= 0.3 is 0 Å². The Morgan fingerprint density at radius 1 is 0.935 bits per heavy atom. The summed E-state index contributed by atoms with van der Waals surface area (Å²) < 4.78 is 0. The fraction of sp³-hybridized carbons (Fsp3) is 0.522. The molecular formula is C23H34Cl2N6. The first-order valence-electron chi connectivity index (χ1n) is 10.5. The molecule has 2 heterocycles. The highest BCUT2D eigenvalue weighted by Crippen LogP contribution is 2.46. The minimum atomic E-state index is 0. The van der Waals surface area contributed by atoms with Crippen LogP contribution in [0.25, 0.3) is 11.3 Å². The van der Waals surface area contributed by atoms with Crippen molar-refractivity contribution in [3.8, 4) is 11.3 Å². The van der Waals surface area contributed by atoms with E-state index in [1.54, 1.807) is 0 Å². The van der Waals surface area contributed by atoms with Crippen molar-refractivity contribution in [1.82, 2.24) is 14.9 Å². The first-order valence-corrected chi connectivity index (χ1v) is 10.5. The Balaban J connectivity index is 0.00000171. The third-order valence-electron chi connectivity index (χ3n) is 6.69. The monoisotopic (exact) mass is 464 g/mol. The maximum Gasteiger partial charge on any atom is 0.225 e. The first-order chi connectivity index (χ1) is 13.7. The van der Waals surface area contributed by atoms with E-state index in [1.807, 2.05) is 17.2 Å². The van der Waals surface area contributed by atoms with Gasteiger partial charge in [-0.15, -0.1) is 24.8 Å². The molecule has 2 aromatic rings. The molecule has 0 atom stereocenters. The van der Waals surface area contributed by atoms with E-state index >= 15 is 0 Å². The number of fused-ring (bicyclic) bond motifs is 1. The van der Waals surface area contributed by atoms with Crippen LogP contribution in [-0.2, 0) is 10.8 Å². The van der Waals surface area contributed by atoms with E-state index in [-0.39, 0.29) is 41.6 Å². The zero-order chi connectivity index (χ0) is 20.8. The Hall–Kier alpha value is -2.05. The second kappa shape index (κ2) is 9.21. The largest absolute Gasteiger partial charge is 0.370 e. The number of guanidine groups is 1. The number of anilines is 1. The Kier molecular flexibility index (Phi) is 7.49. The molecule has 0 bridgehead atoms. The highest BCUT2D eigenvalue weighted by Gasteiger charge is 2.37. The summed E-state index contributed by atoms with van der Waals surface area (Å²) in [6, 6.07) is 8.86. The summed E-state index contributed by atoms with van der Waals surface area (Å²) in [5.41, 5.74) is 11.0. The Morgan fingerprint density at radius 2 is 1.55 bits per heavy atom. The van der Waals surface area contributed by atoms with Gasteiger partial charge in [0.15, 0.2) is 5.96 Å². The third kappa shape index (κ3) is 4.90. The van der Waals surface area contributed by atoms with E-state index in [9.17, 15) is 0 Å². The van der Waals surface area contributed by atoms with Crippen molar-refractivity contribution >= 4 is 36.7 Å². The second-order valence-electron chi connectivity index (χ2n) is 9.63. The van der Waals surface area contributed by atoms with Gasteiger partial charge in [0.25, 0.3) is 0 Å². The molecule has 31 heavy (non-hydrogen) atoms. The molecule has 2 aliphatic rings. The van der Waals surface area contributed by atoms with E-state index in [0.717, 1.165) is 43.4 Å². The molecular weight excluding hydrogens is 431 g/mol. The molecule has 0 spiro atoms. The molecule has 0 radical (unpaired) electrons. The molecule has 170 valence electrons. The van der Waals surface area contributed by atoms with Crippen LogP contribution in [0.1, 0.15) is 51.7 Å². The number of hydrogen-bond donors (Lipinski definition) is 2. The minimum absolute atomic E-state index is 0. The molecule has 1 aromatic carbocycles. The predicted octanol–water partition coefficient (Wildman–Crippen LogP) is 4.35. The van der Waals surface area contributed by atoms with E-state index in [2.05, 4.69) is 55.8 Å². The predicted molar refractivity (Wildman–Crippen MR) is 133 cm³/mol. The van der Waals surface area contributed by atoms with E-state index in [4.69, 9.17) is 16.1 Å². The molecule has 4 rings (SSSR count). The van der Waals surface area contributed by atoms with Gasteiger partial charge in [-0.25, -0.2) is 9.97 Å². The molecule has 6 nitrogen and oxygen atoms in total. The first kappa shape index (κ1) is 25.2. The maximum atomic E-state index is 7.60. The van der Waals surface area contributed by atoms with Gasteiger partial charge in [-0.1, -0.05) is 39.8 Å². The van der Waals surface area contributed by atoms with Gasteiger partial charge in [0.2, 0.25) is 5.95 Å². The molecule has 1 fully saturated rings. The smallest absolute Gasteiger partial charge is 0.225 e. The van der Waals surface area contributed by atoms with Crippen molar-refractivity contribution in [2.75, 3.05) is 31.1 Å². The zero-order valence-corrected chi connectivity index (χ0v) is 20.4. The van der Waals surface area contributed by atoms with Gasteiger partial charge in [0.05, 0.1) is 5.69 Å². The molecule has 3 N–H and O–H groups in total. The summed E-state index contributed by atoms with van der Waals surface area (Å²) in [5.74, 6) is 0.891. The topological polar surface area (TPSA) is 82.1 Å². The van der Waals surface area contributed by atoms with E-state index < -0.39 is 0 Å². The van der Waals surface area contributed by atoms with Crippen molar-refractivity contribution in [1.29, 1.82) is 5.41 Å². The lowest BCUT2D eigenvalue weighted by Gasteiger charge is -2.42. The molecule has 1 saturated heterocycles. The molecule has 8 heteroatoms. The van der Waals surface area contributed by atoms with Crippen LogP contribution in [0.15, 0.2) is 30.5 Å². The average molecular weight is 465 g/mol. The quantitative estimate of drug-likeness (QED) is 0.509. The standard InChI is InChI=1S/C23H32N6.2ClH/c1-22(2)8-9-23(3,4)18-15-16(5-6-17(18)22)19-7-10-26-21(27-19)29-13-11-28(12-14-29)20(24)25;;/h5-7,10,15H,8-9,11-14H2,1-4H3,(H3,24,25);2*1H. The number of piperazine rings is 1. The van der Waals surface area contributed by atoms with Gasteiger partial charge in [0, 0.05) is 37.9 Å². The summed E-state index contributed by atoms with van der Waals surface area (Å²) in [6.07, 6.45) is 4.27. The number of nitrogens with zero attached hydrogens (tertiary/aromatic N) is 4. The fourth-order valence-electron chi connectivity index (χ4n) is 4.56. The minimum Gasteiger partial charge on any atom is -0.370 e. The number of halogens is 2. The number of nitrogens with two attached hydrogens (primary N) is 1. The van der Waals surface area contributed by atoms with Gasteiger partial charge in [0.1, 0.15) is 0 Å². The Labute approximate surface area is 198 Å². The molecule has 1 aliphatic heterocycles. The molecule has 0 amide bonds. The summed E-state index contributed by atoms with van der Waals surface area (Å²) in [7, 11) is 0. The number of rotatable bonds is 2. The summed E-state index contributed by atoms with van der Waals surface area (Å²) in [5, 5.41) is 7.60. The van der Waals surface area contributed by atoms with Crippen LogP contribution in [0.4, 0.5) is 5.95 Å². The van der Waals surface area contributed by atoms with E-state index in [1.165, 1.54) is 24.0 Å². The Bertz CT molecular complexity index is 935. The van der Waals surface area contributed by atoms with Gasteiger partial charge < -0.3 is 15.5 Å². The van der Waals surface area contributed by atoms with Crippen LogP contribution < -0.4 is 10.6 Å². The zero-order valence-electron chi connectivity index (χ0n) is 18.8. The van der Waals surface area contributed by atoms with Crippen molar-refractivity contribution in [3.63, 3.8) is 0 Å². The molecule has 0 saturated carbocycles. The van der Waals surface area contributed by atoms with Crippen LogP contribution in [0.5, 0.6) is 0 Å². The van der Waals surface area contributed by atoms with Crippen LogP contribution in [-0.4, -0.2) is 47.0 Å². The third-order valence-corrected chi connectivity index (χ3v) is 6.69. The van der Waals surface area contributed by atoms with E-state index in [0.29, 0.717) is 0 Å². The van der Waals surface area contributed by atoms with Crippen molar-refractivity contribution in [2.45, 2.75) is 51.4 Å². The van der Waals surface area contributed by atoms with Crippen LogP contribution in [0.3, 0.4) is 0 Å². The van der Waals surface area contributed by atoms with Crippen molar-refractivity contribution < 1.29 is 0 Å². The van der Waals surface area contributed by atoms with Crippen molar-refractivity contribution in [2.24, 2.45) is 5.73 Å². The normalized spacial score (nSPS) is 19.0. The van der Waals surface area contributed by atoms with Gasteiger partial charge in [-0.3, -0.25) is 5.41 Å². The molecule has 1 aromatic heterocycles. The van der Waals surface area contributed by atoms with Gasteiger partial charge in [-0.2, -0.15) is 0 Å². The summed E-state index contributed by atoms with van der Waals surface area (Å²) in [6.45, 7) is 12.4. The second-order valence-corrected chi connectivity index (χ2v) is 9.63. The van der Waals surface area contributed by atoms with Crippen LogP contribution >= 0.6 is 24.8 Å². The van der Waals surface area contributed by atoms with Crippen molar-refractivity contribution in [3.05, 3.63) is 41.6 Å². The number of aromatic nitrogens is 2. The van der Waals surface area contributed by atoms with Crippen LogP contribution in [0, 0.1) is 5.41 Å². The van der Waals surface area contributed by atoms with Crippen LogP contribution in [0.2, 0.25) is 0 Å². The lowest BCUT2D eigenvalue weighted by molar-refractivity contribution is 0.332. The summed E-state index contributed by atoms with van der Waals surface area (Å²) in [4.78, 5) is 13.4. The maximum absolute atomic E-state index is 7.60. The molecule has 1 aliphatic carbocycles. The average Bonchev–Trinajstić information content (AvgIpc) is 2.71. The number of hydrogen-bond acceptors (Lipinski definition) is 4. The lowest BCUT2D eigenvalue weighted by Crippen LogP contribution is -2.51. The number of nitrogens with one attached hydrogen (secondary N) is 1.